The van der Waals surface area contributed by atoms with Crippen LogP contribution in [-0.4, -0.2) is 53.4 Å². The maximum Gasteiger partial charge on any atom is 0.230 e. The van der Waals surface area contributed by atoms with E-state index in [4.69, 9.17) is 0 Å². The Hall–Kier alpha value is -2.93. The van der Waals surface area contributed by atoms with Crippen LogP contribution in [-0.2, 0) is 11.2 Å². The zero-order valence-electron chi connectivity index (χ0n) is 15.2. The van der Waals surface area contributed by atoms with Crippen LogP contribution in [0.4, 0.5) is 15.8 Å². The normalized spacial score (nSPS) is 15.3. The highest BCUT2D eigenvalue weighted by molar-refractivity contribution is 5.92. The molecule has 1 aliphatic heterocycles. The van der Waals surface area contributed by atoms with Crippen LogP contribution < -0.4 is 10.2 Å². The number of amides is 1. The summed E-state index contributed by atoms with van der Waals surface area (Å²) in [6.45, 7) is 4.14. The van der Waals surface area contributed by atoms with Gasteiger partial charge < -0.3 is 19.5 Å². The number of hydrogen-bond donors (Lipinski definition) is 1. The fraction of sp³-hybridized carbons (Fsp3) is 0.300. The average molecular weight is 367 g/mol. The molecule has 0 aliphatic carbocycles. The molecule has 1 aromatic carbocycles. The number of carbonyl (C=O) groups excluding carboxylic acids is 1. The first kappa shape index (κ1) is 17.5. The molecule has 3 aromatic rings. The van der Waals surface area contributed by atoms with E-state index < -0.39 is 0 Å². The topological polar surface area (TPSA) is 52.9 Å². The molecule has 0 radical (unpaired) electrons. The second-order valence-corrected chi connectivity index (χ2v) is 6.91. The third-order valence-electron chi connectivity index (χ3n) is 4.83. The maximum absolute atomic E-state index is 13.2. The Morgan fingerprint density at radius 1 is 1.07 bits per heavy atom. The molecule has 1 saturated heterocycles. The Bertz CT molecular complexity index is 945. The average Bonchev–Trinajstić information content (AvgIpc) is 3.04. The van der Waals surface area contributed by atoms with E-state index in [0.717, 1.165) is 31.9 Å². The standard InChI is InChI=1S/C20H22FN5O/c1-24-8-10-25(11-9-24)18-5-3-16(4-6-18)23-20(27)12-17-14-26-13-15(21)2-7-19(26)22-17/h2-7,13-14H,8-12H2,1H3,(H,23,27). The smallest absolute Gasteiger partial charge is 0.230 e. The summed E-state index contributed by atoms with van der Waals surface area (Å²) in [6, 6.07) is 10.9. The number of rotatable bonds is 4. The number of aromatic nitrogens is 2. The Morgan fingerprint density at radius 2 is 1.81 bits per heavy atom. The lowest BCUT2D eigenvalue weighted by Crippen LogP contribution is -2.44. The van der Waals surface area contributed by atoms with Gasteiger partial charge in [-0.15, -0.1) is 0 Å². The highest BCUT2D eigenvalue weighted by Crippen LogP contribution is 2.19. The van der Waals surface area contributed by atoms with E-state index in [1.807, 2.05) is 24.3 Å². The minimum absolute atomic E-state index is 0.142. The number of fused-ring (bicyclic) bond motifs is 1. The van der Waals surface area contributed by atoms with Crippen molar-refractivity contribution in [1.82, 2.24) is 14.3 Å². The van der Waals surface area contributed by atoms with Crippen molar-refractivity contribution < 1.29 is 9.18 Å². The van der Waals surface area contributed by atoms with E-state index in [-0.39, 0.29) is 18.1 Å². The van der Waals surface area contributed by atoms with Gasteiger partial charge in [0.15, 0.2) is 0 Å². The minimum Gasteiger partial charge on any atom is -0.369 e. The lowest BCUT2D eigenvalue weighted by Gasteiger charge is -2.34. The number of hydrogen-bond acceptors (Lipinski definition) is 4. The van der Waals surface area contributed by atoms with Gasteiger partial charge in [-0.3, -0.25) is 4.79 Å². The Balaban J connectivity index is 1.37. The largest absolute Gasteiger partial charge is 0.369 e. The lowest BCUT2D eigenvalue weighted by atomic mass is 10.2. The number of anilines is 2. The van der Waals surface area contributed by atoms with Crippen LogP contribution in [0.1, 0.15) is 5.69 Å². The van der Waals surface area contributed by atoms with Crippen LogP contribution in [0.25, 0.3) is 5.65 Å². The summed E-state index contributed by atoms with van der Waals surface area (Å²) in [5.74, 6) is -0.484. The van der Waals surface area contributed by atoms with Crippen LogP contribution in [0.2, 0.25) is 0 Å². The van der Waals surface area contributed by atoms with Crippen molar-refractivity contribution in [2.24, 2.45) is 0 Å². The summed E-state index contributed by atoms with van der Waals surface area (Å²) in [5, 5.41) is 2.89. The molecule has 6 nitrogen and oxygen atoms in total. The first-order valence-corrected chi connectivity index (χ1v) is 9.03. The van der Waals surface area contributed by atoms with Gasteiger partial charge in [0.05, 0.1) is 12.1 Å². The van der Waals surface area contributed by atoms with Crippen molar-refractivity contribution in [2.75, 3.05) is 43.4 Å². The maximum atomic E-state index is 13.2. The number of pyridine rings is 1. The van der Waals surface area contributed by atoms with Crippen molar-refractivity contribution in [3.8, 4) is 0 Å². The third kappa shape index (κ3) is 4.09. The molecular formula is C20H22FN5O. The molecule has 140 valence electrons. The number of nitrogens with zero attached hydrogens (tertiary/aromatic N) is 4. The second kappa shape index (κ2) is 7.36. The number of nitrogens with one attached hydrogen (secondary N) is 1. The van der Waals surface area contributed by atoms with Gasteiger partial charge in [-0.05, 0) is 43.4 Å². The number of benzene rings is 1. The zero-order valence-corrected chi connectivity index (χ0v) is 15.2. The van der Waals surface area contributed by atoms with E-state index in [1.165, 1.54) is 18.0 Å². The third-order valence-corrected chi connectivity index (χ3v) is 4.83. The van der Waals surface area contributed by atoms with Crippen molar-refractivity contribution in [3.05, 3.63) is 60.3 Å². The minimum atomic E-state index is -0.337. The zero-order chi connectivity index (χ0) is 18.8. The molecule has 2 aromatic heterocycles. The summed E-state index contributed by atoms with van der Waals surface area (Å²) in [7, 11) is 2.13. The van der Waals surface area contributed by atoms with Crippen LogP contribution >= 0.6 is 0 Å². The second-order valence-electron chi connectivity index (χ2n) is 6.91. The molecule has 1 fully saturated rings. The molecule has 0 bridgehead atoms. The van der Waals surface area contributed by atoms with E-state index in [1.54, 1.807) is 16.7 Å². The van der Waals surface area contributed by atoms with Crippen molar-refractivity contribution in [3.63, 3.8) is 0 Å². The number of likely N-dealkylation sites (N-methyl/N-ethyl adjacent to an activating group) is 1. The summed E-state index contributed by atoms with van der Waals surface area (Å²) in [6.07, 6.45) is 3.17. The van der Waals surface area contributed by atoms with Gasteiger partial charge in [-0.2, -0.15) is 0 Å². The first-order valence-electron chi connectivity index (χ1n) is 9.03. The Morgan fingerprint density at radius 3 is 2.56 bits per heavy atom. The molecule has 4 rings (SSSR count). The van der Waals surface area contributed by atoms with Crippen LogP contribution in [0, 0.1) is 5.82 Å². The number of halogens is 1. The molecule has 0 unspecified atom stereocenters. The molecule has 1 N–H and O–H groups in total. The van der Waals surface area contributed by atoms with Crippen molar-refractivity contribution in [1.29, 1.82) is 0 Å². The summed E-state index contributed by atoms with van der Waals surface area (Å²) >= 11 is 0. The van der Waals surface area contributed by atoms with E-state index in [9.17, 15) is 9.18 Å². The molecule has 0 saturated carbocycles. The molecule has 3 heterocycles. The Labute approximate surface area is 157 Å². The number of imidazole rings is 1. The van der Waals surface area contributed by atoms with E-state index >= 15 is 0 Å². The molecule has 1 aliphatic rings. The van der Waals surface area contributed by atoms with Gasteiger partial charge in [0.2, 0.25) is 5.91 Å². The fourth-order valence-corrected chi connectivity index (χ4v) is 3.29. The molecule has 0 atom stereocenters. The molecule has 1 amide bonds. The van der Waals surface area contributed by atoms with Gasteiger partial charge in [0, 0.05) is 49.9 Å². The summed E-state index contributed by atoms with van der Waals surface area (Å²) in [4.78, 5) is 21.3. The van der Waals surface area contributed by atoms with Crippen molar-refractivity contribution >= 4 is 22.9 Å². The van der Waals surface area contributed by atoms with Gasteiger partial charge in [0.25, 0.3) is 0 Å². The highest BCUT2D eigenvalue weighted by Gasteiger charge is 2.14. The molecule has 27 heavy (non-hydrogen) atoms. The fourth-order valence-electron chi connectivity index (χ4n) is 3.29. The monoisotopic (exact) mass is 367 g/mol. The number of piperazine rings is 1. The van der Waals surface area contributed by atoms with Gasteiger partial charge in [-0.1, -0.05) is 0 Å². The molecule has 7 heteroatoms. The molecule has 0 spiro atoms. The van der Waals surface area contributed by atoms with Gasteiger partial charge >= 0.3 is 0 Å². The summed E-state index contributed by atoms with van der Waals surface area (Å²) < 4.78 is 14.8. The van der Waals surface area contributed by atoms with Gasteiger partial charge in [0.1, 0.15) is 11.5 Å². The lowest BCUT2D eigenvalue weighted by molar-refractivity contribution is -0.115. The van der Waals surface area contributed by atoms with Crippen LogP contribution in [0.5, 0.6) is 0 Å². The predicted octanol–water partition coefficient (Wildman–Crippen LogP) is 2.41. The summed E-state index contributed by atoms with van der Waals surface area (Å²) in [5.41, 5.74) is 3.15. The Kier molecular flexibility index (Phi) is 4.77. The van der Waals surface area contributed by atoms with Crippen LogP contribution in [0.15, 0.2) is 48.8 Å². The van der Waals surface area contributed by atoms with E-state index in [2.05, 4.69) is 27.1 Å². The van der Waals surface area contributed by atoms with Crippen LogP contribution in [0.3, 0.4) is 0 Å². The molecular weight excluding hydrogens is 345 g/mol. The quantitative estimate of drug-likeness (QED) is 0.769. The first-order chi connectivity index (χ1) is 13.1. The predicted molar refractivity (Wildman–Crippen MR) is 104 cm³/mol. The highest BCUT2D eigenvalue weighted by atomic mass is 19.1. The van der Waals surface area contributed by atoms with E-state index in [0.29, 0.717) is 11.3 Å². The van der Waals surface area contributed by atoms with Gasteiger partial charge in [-0.25, -0.2) is 9.37 Å². The number of carbonyl (C=O) groups is 1. The SMILES string of the molecule is CN1CCN(c2ccc(NC(=O)Cc3cn4cc(F)ccc4n3)cc2)CC1. The van der Waals surface area contributed by atoms with Crippen molar-refractivity contribution in [2.45, 2.75) is 6.42 Å².